The SMILES string of the molecule is CCN(CC)CCCCN=C(N)Nc1cccc(C)c1.I. The molecule has 0 fully saturated rings. The van der Waals surface area contributed by atoms with Crippen molar-refractivity contribution in [3.05, 3.63) is 29.8 Å². The molecule has 1 aromatic rings. The molecule has 21 heavy (non-hydrogen) atoms. The summed E-state index contributed by atoms with van der Waals surface area (Å²) < 4.78 is 0. The number of aryl methyl sites for hydroxylation is 1. The second-order valence-corrected chi connectivity index (χ2v) is 5.00. The fourth-order valence-corrected chi connectivity index (χ4v) is 2.10. The van der Waals surface area contributed by atoms with E-state index in [-0.39, 0.29) is 24.0 Å². The summed E-state index contributed by atoms with van der Waals surface area (Å²) in [5.74, 6) is 0.499. The zero-order valence-corrected chi connectivity index (χ0v) is 15.8. The summed E-state index contributed by atoms with van der Waals surface area (Å²) in [7, 11) is 0. The first-order chi connectivity index (χ1) is 9.65. The van der Waals surface area contributed by atoms with E-state index in [9.17, 15) is 0 Å². The van der Waals surface area contributed by atoms with Crippen LogP contribution in [0.2, 0.25) is 0 Å². The van der Waals surface area contributed by atoms with Crippen LogP contribution in [0.5, 0.6) is 0 Å². The summed E-state index contributed by atoms with van der Waals surface area (Å²) in [6.45, 7) is 10.6. The van der Waals surface area contributed by atoms with Crippen molar-refractivity contribution in [2.24, 2.45) is 10.7 Å². The number of hydrogen-bond acceptors (Lipinski definition) is 2. The molecule has 5 heteroatoms. The van der Waals surface area contributed by atoms with Crippen LogP contribution in [0.1, 0.15) is 32.3 Å². The Morgan fingerprint density at radius 1 is 1.24 bits per heavy atom. The number of nitrogens with two attached hydrogens (primary N) is 1. The lowest BCUT2D eigenvalue weighted by Gasteiger charge is -2.17. The topological polar surface area (TPSA) is 53.6 Å². The standard InChI is InChI=1S/C16H28N4.HI/c1-4-20(5-2)12-7-6-11-18-16(17)19-15-10-8-9-14(3)13-15;/h8-10,13H,4-7,11-12H2,1-3H3,(H3,17,18,19);1H. The molecule has 120 valence electrons. The molecule has 0 unspecified atom stereocenters. The molecular formula is C16H29IN4. The van der Waals surface area contributed by atoms with Crippen LogP contribution in [0.15, 0.2) is 29.3 Å². The van der Waals surface area contributed by atoms with E-state index in [1.54, 1.807) is 0 Å². The average Bonchev–Trinajstić information content (AvgIpc) is 2.43. The first-order valence-electron chi connectivity index (χ1n) is 7.51. The summed E-state index contributed by atoms with van der Waals surface area (Å²) in [4.78, 5) is 6.79. The fourth-order valence-electron chi connectivity index (χ4n) is 2.10. The number of anilines is 1. The predicted octanol–water partition coefficient (Wildman–Crippen LogP) is 3.46. The molecular weight excluding hydrogens is 375 g/mol. The van der Waals surface area contributed by atoms with Gasteiger partial charge in [-0.15, -0.1) is 24.0 Å². The van der Waals surface area contributed by atoms with Crippen molar-refractivity contribution in [3.63, 3.8) is 0 Å². The van der Waals surface area contributed by atoms with Gasteiger partial charge in [0.1, 0.15) is 0 Å². The van der Waals surface area contributed by atoms with Crippen molar-refractivity contribution >= 4 is 35.6 Å². The lowest BCUT2D eigenvalue weighted by Crippen LogP contribution is -2.24. The minimum absolute atomic E-state index is 0. The summed E-state index contributed by atoms with van der Waals surface area (Å²) in [6.07, 6.45) is 2.25. The van der Waals surface area contributed by atoms with Gasteiger partial charge in [-0.05, 0) is 57.1 Å². The monoisotopic (exact) mass is 404 g/mol. The number of nitrogens with one attached hydrogen (secondary N) is 1. The Hall–Kier alpha value is -0.820. The van der Waals surface area contributed by atoms with Gasteiger partial charge in [-0.3, -0.25) is 4.99 Å². The largest absolute Gasteiger partial charge is 0.370 e. The minimum atomic E-state index is 0. The van der Waals surface area contributed by atoms with Gasteiger partial charge < -0.3 is 16.0 Å². The van der Waals surface area contributed by atoms with Crippen LogP contribution in [-0.4, -0.2) is 37.0 Å². The number of benzene rings is 1. The molecule has 0 spiro atoms. The molecule has 0 saturated carbocycles. The first kappa shape index (κ1) is 20.2. The van der Waals surface area contributed by atoms with Gasteiger partial charge >= 0.3 is 0 Å². The number of hydrogen-bond donors (Lipinski definition) is 2. The van der Waals surface area contributed by atoms with Crippen LogP contribution in [0.4, 0.5) is 5.69 Å². The Kier molecular flexibility index (Phi) is 11.3. The van der Waals surface area contributed by atoms with Gasteiger partial charge in [-0.1, -0.05) is 26.0 Å². The van der Waals surface area contributed by atoms with Crippen LogP contribution >= 0.6 is 24.0 Å². The highest BCUT2D eigenvalue weighted by atomic mass is 127. The molecule has 0 aliphatic carbocycles. The number of halogens is 1. The van der Waals surface area contributed by atoms with Gasteiger partial charge in [0, 0.05) is 12.2 Å². The van der Waals surface area contributed by atoms with Crippen molar-refractivity contribution in [3.8, 4) is 0 Å². The fraction of sp³-hybridized carbons (Fsp3) is 0.562. The summed E-state index contributed by atoms with van der Waals surface area (Å²) >= 11 is 0. The molecule has 0 bridgehead atoms. The maximum Gasteiger partial charge on any atom is 0.193 e. The third-order valence-corrected chi connectivity index (χ3v) is 3.35. The molecule has 0 aliphatic heterocycles. The summed E-state index contributed by atoms with van der Waals surface area (Å²) in [5.41, 5.74) is 8.08. The van der Waals surface area contributed by atoms with E-state index < -0.39 is 0 Å². The summed E-state index contributed by atoms with van der Waals surface area (Å²) in [5, 5.41) is 3.12. The second-order valence-electron chi connectivity index (χ2n) is 5.00. The number of unbranched alkanes of at least 4 members (excludes halogenated alkanes) is 1. The normalized spacial score (nSPS) is 11.3. The Morgan fingerprint density at radius 3 is 2.57 bits per heavy atom. The number of aliphatic imine (C=N–C) groups is 1. The average molecular weight is 404 g/mol. The van der Waals surface area contributed by atoms with Crippen LogP contribution < -0.4 is 11.1 Å². The molecule has 0 amide bonds. The maximum atomic E-state index is 5.88. The molecule has 0 heterocycles. The van der Waals surface area contributed by atoms with Crippen molar-refractivity contribution < 1.29 is 0 Å². The van der Waals surface area contributed by atoms with Crippen LogP contribution in [0, 0.1) is 6.92 Å². The Balaban J connectivity index is 0.00000400. The van der Waals surface area contributed by atoms with E-state index in [0.717, 1.165) is 38.3 Å². The van der Waals surface area contributed by atoms with Gasteiger partial charge in [0.2, 0.25) is 0 Å². The third kappa shape index (κ3) is 8.93. The van der Waals surface area contributed by atoms with E-state index in [0.29, 0.717) is 5.96 Å². The molecule has 3 N–H and O–H groups in total. The Bertz CT molecular complexity index is 416. The first-order valence-corrected chi connectivity index (χ1v) is 7.51. The third-order valence-electron chi connectivity index (χ3n) is 3.35. The Labute approximate surface area is 146 Å². The lowest BCUT2D eigenvalue weighted by atomic mass is 10.2. The lowest BCUT2D eigenvalue weighted by molar-refractivity contribution is 0.298. The van der Waals surface area contributed by atoms with E-state index >= 15 is 0 Å². The Morgan fingerprint density at radius 2 is 1.95 bits per heavy atom. The molecule has 0 atom stereocenters. The highest BCUT2D eigenvalue weighted by Crippen LogP contribution is 2.08. The minimum Gasteiger partial charge on any atom is -0.370 e. The van der Waals surface area contributed by atoms with Crippen LogP contribution in [0.3, 0.4) is 0 Å². The maximum absolute atomic E-state index is 5.88. The molecule has 1 aromatic carbocycles. The van der Waals surface area contributed by atoms with Crippen molar-refractivity contribution in [1.82, 2.24) is 4.90 Å². The van der Waals surface area contributed by atoms with E-state index in [2.05, 4.69) is 48.1 Å². The number of rotatable bonds is 8. The highest BCUT2D eigenvalue weighted by molar-refractivity contribution is 14.0. The van der Waals surface area contributed by atoms with Crippen molar-refractivity contribution in [2.45, 2.75) is 33.6 Å². The van der Waals surface area contributed by atoms with Gasteiger partial charge in [0.15, 0.2) is 5.96 Å². The molecule has 4 nitrogen and oxygen atoms in total. The molecule has 0 aliphatic rings. The van der Waals surface area contributed by atoms with E-state index in [4.69, 9.17) is 5.73 Å². The zero-order valence-electron chi connectivity index (χ0n) is 13.4. The van der Waals surface area contributed by atoms with Gasteiger partial charge in [-0.25, -0.2) is 0 Å². The van der Waals surface area contributed by atoms with E-state index in [1.807, 2.05) is 12.1 Å². The van der Waals surface area contributed by atoms with Gasteiger partial charge in [0.25, 0.3) is 0 Å². The van der Waals surface area contributed by atoms with Gasteiger partial charge in [0.05, 0.1) is 0 Å². The quantitative estimate of drug-likeness (QED) is 0.302. The smallest absolute Gasteiger partial charge is 0.193 e. The van der Waals surface area contributed by atoms with Crippen LogP contribution in [-0.2, 0) is 0 Å². The molecule has 0 aromatic heterocycles. The second kappa shape index (κ2) is 11.8. The molecule has 0 saturated heterocycles. The molecule has 0 radical (unpaired) electrons. The van der Waals surface area contributed by atoms with Crippen molar-refractivity contribution in [2.75, 3.05) is 31.5 Å². The number of nitrogens with zero attached hydrogens (tertiary/aromatic N) is 2. The highest BCUT2D eigenvalue weighted by Gasteiger charge is 1.98. The van der Waals surface area contributed by atoms with Gasteiger partial charge in [-0.2, -0.15) is 0 Å². The van der Waals surface area contributed by atoms with Crippen LogP contribution in [0.25, 0.3) is 0 Å². The number of guanidine groups is 1. The predicted molar refractivity (Wildman–Crippen MR) is 104 cm³/mol. The molecule has 1 rings (SSSR count). The van der Waals surface area contributed by atoms with E-state index in [1.165, 1.54) is 12.0 Å². The van der Waals surface area contributed by atoms with Crippen molar-refractivity contribution in [1.29, 1.82) is 0 Å². The zero-order chi connectivity index (χ0) is 14.8. The summed E-state index contributed by atoms with van der Waals surface area (Å²) in [6, 6.07) is 8.12.